The lowest BCUT2D eigenvalue weighted by atomic mass is 9.96. The zero-order chi connectivity index (χ0) is 61.5. The molecule has 1 rings (SSSR count). The summed E-state index contributed by atoms with van der Waals surface area (Å²) in [5.41, 5.74) is 29.1. The summed E-state index contributed by atoms with van der Waals surface area (Å²) in [4.78, 5) is 152. The van der Waals surface area contributed by atoms with E-state index >= 15 is 0 Å². The van der Waals surface area contributed by atoms with E-state index in [1.165, 1.54) is 13.8 Å². The molecule has 23 N–H and O–H groups in total. The number of unbranched alkanes of at least 4 members (excludes halogenated alkanes) is 1. The normalized spacial score (nSPS) is 23.3. The summed E-state index contributed by atoms with van der Waals surface area (Å²) in [5.74, 6) is -9.82. The number of hydrogen-bond acceptors (Lipinski definition) is 18. The second-order valence-corrected chi connectivity index (χ2v) is 21.5. The van der Waals surface area contributed by atoms with Crippen molar-refractivity contribution in [2.24, 2.45) is 46.4 Å². The van der Waals surface area contributed by atoms with Crippen LogP contribution < -0.4 is 87.2 Å². The average Bonchev–Trinajstić information content (AvgIpc) is 3.39. The van der Waals surface area contributed by atoms with Gasteiger partial charge in [0.05, 0.1) is 12.2 Å². The van der Waals surface area contributed by atoms with E-state index in [-0.39, 0.29) is 83.6 Å². The van der Waals surface area contributed by atoms with Crippen molar-refractivity contribution >= 4 is 65.0 Å². The lowest BCUT2D eigenvalue weighted by molar-refractivity contribution is -0.137. The summed E-state index contributed by atoms with van der Waals surface area (Å²) in [7, 11) is 0. The molecule has 0 aromatic carbocycles. The van der Waals surface area contributed by atoms with Crippen LogP contribution in [-0.2, 0) is 52.7 Å². The Bertz CT molecular complexity index is 2050. The largest absolute Gasteiger partial charge is 0.391 e. The van der Waals surface area contributed by atoms with Crippen molar-refractivity contribution in [1.82, 2.24) is 58.5 Å². The molecule has 13 atom stereocenters. The molecule has 29 nitrogen and oxygen atoms in total. The molecule has 1 heterocycles. The number of aliphatic hydroxyl groups excluding tert-OH is 2. The van der Waals surface area contributed by atoms with Crippen molar-refractivity contribution < 1.29 is 63.0 Å². The fraction of sp³-hybridized carbons (Fsp3) is 0.788. The van der Waals surface area contributed by atoms with E-state index in [4.69, 9.17) is 28.7 Å². The van der Waals surface area contributed by atoms with E-state index in [1.54, 1.807) is 27.7 Å². The molecule has 1 aliphatic heterocycles. The molecule has 0 aliphatic carbocycles. The van der Waals surface area contributed by atoms with Crippen LogP contribution in [0.3, 0.4) is 0 Å². The first kappa shape index (κ1) is 72.9. The summed E-state index contributed by atoms with van der Waals surface area (Å²) < 4.78 is 0. The highest BCUT2D eigenvalue weighted by molar-refractivity contribution is 5.99. The highest BCUT2D eigenvalue weighted by Crippen LogP contribution is 2.13. The van der Waals surface area contributed by atoms with Crippen LogP contribution in [-0.4, -0.2) is 187 Å². The van der Waals surface area contributed by atoms with Gasteiger partial charge in [-0.2, -0.15) is 0 Å². The van der Waals surface area contributed by atoms with E-state index in [0.717, 1.165) is 12.8 Å². The number of rotatable bonds is 30. The van der Waals surface area contributed by atoms with E-state index in [9.17, 15) is 63.0 Å². The molecule has 0 radical (unpaired) electrons. The van der Waals surface area contributed by atoms with Crippen LogP contribution in [0.5, 0.6) is 0 Å². The van der Waals surface area contributed by atoms with Crippen molar-refractivity contribution in [3.8, 4) is 0 Å². The Hall–Kier alpha value is -6.11. The molecule has 1 fully saturated rings. The van der Waals surface area contributed by atoms with Gasteiger partial charge in [0.2, 0.25) is 65.0 Å². The summed E-state index contributed by atoms with van der Waals surface area (Å²) >= 11 is 0. The molecule has 81 heavy (non-hydrogen) atoms. The number of hydrogen-bond donors (Lipinski definition) is 18. The van der Waals surface area contributed by atoms with Crippen LogP contribution in [0.15, 0.2) is 0 Å². The van der Waals surface area contributed by atoms with Gasteiger partial charge in [0.1, 0.15) is 60.4 Å². The molecule has 464 valence electrons. The predicted octanol–water partition coefficient (Wildman–Crippen LogP) is -5.83. The Labute approximate surface area is 475 Å². The van der Waals surface area contributed by atoms with E-state index < -0.39 is 156 Å². The molecule has 0 aromatic rings. The summed E-state index contributed by atoms with van der Waals surface area (Å²) in [5, 5.41) is 49.6. The first-order valence-corrected chi connectivity index (χ1v) is 28.4. The average molecular weight is 1160 g/mol. The standard InChI is InChI=1S/C52H98N16O13/c1-9-29(6)40-50(79)63-34(16-22-55)44(73)60-36(18-24-57)48(77)68-42(31(8)70)52(81)64-37(45(74)65-38(26-28(4)5)49(78)61-35(17-23-56)47(76)66-40)19-25-58-43(72)32(14-20-53)62-51(80)41(30(7)69)67-46(75)33(15-21-54)59-39(71)13-11-10-12-27(2)3/h27-38,40-42,69-70H,9-26,53-57H2,1-8H3,(H,58,72)(H,59,71)(H,60,73)(H,61,78)(H,62,80)(H,63,79)(H,64,81)(H,65,74)(H,66,76)(H,67,75)(H,68,77)/t29-,30+,31+,32-,33-,34-,35-,36-,37-,38+,40-,41-,42-/m0/s1. The van der Waals surface area contributed by atoms with Gasteiger partial charge in [0, 0.05) is 13.0 Å². The number of carbonyl (C=O) groups excluding carboxylic acids is 11. The Morgan fingerprint density at radius 3 is 1.36 bits per heavy atom. The van der Waals surface area contributed by atoms with Crippen LogP contribution >= 0.6 is 0 Å². The maximum atomic E-state index is 14.4. The minimum Gasteiger partial charge on any atom is -0.391 e. The quantitative estimate of drug-likeness (QED) is 0.0298. The van der Waals surface area contributed by atoms with Crippen molar-refractivity contribution in [3.63, 3.8) is 0 Å². The van der Waals surface area contributed by atoms with Crippen LogP contribution in [0.25, 0.3) is 0 Å². The lowest BCUT2D eigenvalue weighted by Gasteiger charge is -2.29. The van der Waals surface area contributed by atoms with E-state index in [2.05, 4.69) is 72.3 Å². The molecule has 11 amide bonds. The molecule has 0 bridgehead atoms. The first-order valence-electron chi connectivity index (χ1n) is 28.4. The van der Waals surface area contributed by atoms with E-state index in [1.807, 2.05) is 0 Å². The number of nitrogens with one attached hydrogen (secondary N) is 11. The maximum Gasteiger partial charge on any atom is 0.245 e. The van der Waals surface area contributed by atoms with E-state index in [0.29, 0.717) is 18.8 Å². The topological polar surface area (TPSA) is 491 Å². The van der Waals surface area contributed by atoms with Crippen molar-refractivity contribution in [2.75, 3.05) is 39.3 Å². The Morgan fingerprint density at radius 2 is 0.914 bits per heavy atom. The molecule has 0 aromatic heterocycles. The lowest BCUT2D eigenvalue weighted by Crippen LogP contribution is -2.62. The zero-order valence-electron chi connectivity index (χ0n) is 48.7. The molecule has 0 saturated carbocycles. The Kier molecular flexibility index (Phi) is 34.7. The summed E-state index contributed by atoms with van der Waals surface area (Å²) in [6.45, 7) is 12.5. The smallest absolute Gasteiger partial charge is 0.245 e. The Morgan fingerprint density at radius 1 is 0.481 bits per heavy atom. The molecule has 0 spiro atoms. The minimum atomic E-state index is -1.80. The Balaban J connectivity index is 3.73. The minimum absolute atomic E-state index is 0.00121. The van der Waals surface area contributed by atoms with Gasteiger partial charge < -0.3 is 97.4 Å². The highest BCUT2D eigenvalue weighted by atomic mass is 16.3. The van der Waals surface area contributed by atoms with Crippen LogP contribution in [0.1, 0.15) is 132 Å². The molecule has 1 aliphatic rings. The third-order valence-electron chi connectivity index (χ3n) is 13.5. The van der Waals surface area contributed by atoms with Crippen LogP contribution in [0, 0.1) is 17.8 Å². The number of amides is 11. The fourth-order valence-corrected chi connectivity index (χ4v) is 8.59. The van der Waals surface area contributed by atoms with Gasteiger partial charge >= 0.3 is 0 Å². The van der Waals surface area contributed by atoms with Gasteiger partial charge in [0.25, 0.3) is 0 Å². The molecule has 0 unspecified atom stereocenters. The fourth-order valence-electron chi connectivity index (χ4n) is 8.59. The van der Waals surface area contributed by atoms with Crippen molar-refractivity contribution in [3.05, 3.63) is 0 Å². The monoisotopic (exact) mass is 1150 g/mol. The van der Waals surface area contributed by atoms with Gasteiger partial charge in [-0.05, 0) is 116 Å². The van der Waals surface area contributed by atoms with Gasteiger partial charge in [0.15, 0.2) is 0 Å². The molecular formula is C52H98N16O13. The maximum absolute atomic E-state index is 14.4. The van der Waals surface area contributed by atoms with Gasteiger partial charge in [-0.3, -0.25) is 52.7 Å². The van der Waals surface area contributed by atoms with Crippen LogP contribution in [0.2, 0.25) is 0 Å². The molecule has 29 heteroatoms. The van der Waals surface area contributed by atoms with Gasteiger partial charge in [-0.25, -0.2) is 0 Å². The first-order chi connectivity index (χ1) is 38.2. The highest BCUT2D eigenvalue weighted by Gasteiger charge is 2.38. The number of nitrogens with two attached hydrogens (primary N) is 5. The predicted molar refractivity (Wildman–Crippen MR) is 301 cm³/mol. The third-order valence-corrected chi connectivity index (χ3v) is 13.5. The summed E-state index contributed by atoms with van der Waals surface area (Å²) in [6, 6.07) is -14.4. The van der Waals surface area contributed by atoms with Crippen molar-refractivity contribution in [2.45, 2.75) is 205 Å². The van der Waals surface area contributed by atoms with Gasteiger partial charge in [-0.15, -0.1) is 0 Å². The third kappa shape index (κ3) is 26.6. The number of carbonyl (C=O) groups is 11. The number of aliphatic hydroxyl groups is 2. The van der Waals surface area contributed by atoms with Crippen molar-refractivity contribution in [1.29, 1.82) is 0 Å². The SMILES string of the molecule is CC[C@H](C)[C@@H]1NC(=O)[C@H](CCN)NC(=O)[C@@H](CC(C)C)NC(=O)[C@H](CCNC(=O)[C@H](CCN)NC(=O)[C@@H](NC(=O)[C@H](CCN)NC(=O)CCCCC(C)C)[C@@H](C)O)NC(=O)[C@H]([C@@H](C)O)NC(=O)[C@H](CCN)NC(=O)[C@H](CCN)NC1=O. The van der Waals surface area contributed by atoms with Crippen LogP contribution in [0.4, 0.5) is 0 Å². The van der Waals surface area contributed by atoms with Gasteiger partial charge in [-0.1, -0.05) is 60.8 Å². The molecule has 1 saturated heterocycles. The molecular weight excluding hydrogens is 1060 g/mol. The summed E-state index contributed by atoms with van der Waals surface area (Å²) in [6.07, 6.45) is -1.37. The second-order valence-electron chi connectivity index (χ2n) is 21.5. The zero-order valence-corrected chi connectivity index (χ0v) is 48.7. The second kappa shape index (κ2) is 38.6.